The fraction of sp³-hybridized carbons (Fsp3) is 1.00. The van der Waals surface area contributed by atoms with Gasteiger partial charge in [-0.15, -0.1) is 0 Å². The molecule has 0 rings (SSSR count). The number of hydrogen-bond acceptors (Lipinski definition) is 8. The van der Waals surface area contributed by atoms with Crippen LogP contribution in [0.15, 0.2) is 0 Å². The standard InChI is InChI=1S/C28H54F12O8Si4/c1-49(21-5-13-41-17-9-25(29,30)31)45-46-51(3,23-7-15-43-19-11-27(35,36)37)48-52(4,24-8-16-44-20-12-28(38,39)40)47-50(2)22-6-14-42-18-10-26(32,33)34/h49-50H,5-24H2,1-4H3. The van der Waals surface area contributed by atoms with E-state index in [0.29, 0.717) is 24.9 Å². The minimum absolute atomic E-state index is 0.0218. The molecular weight excluding hydrogens is 805 g/mol. The molecule has 0 aromatic heterocycles. The largest absolute Gasteiger partial charge is 0.439 e. The molecule has 0 spiro atoms. The Hall–Kier alpha value is -0.292. The quantitative estimate of drug-likeness (QED) is 0.0225. The van der Waals surface area contributed by atoms with Crippen LogP contribution in [0, 0.1) is 0 Å². The summed E-state index contributed by atoms with van der Waals surface area (Å²) in [4.78, 5) is 0. The molecule has 0 amide bonds. The first-order chi connectivity index (χ1) is 23.8. The molecule has 4 atom stereocenters. The van der Waals surface area contributed by atoms with E-state index in [9.17, 15) is 52.7 Å². The van der Waals surface area contributed by atoms with Gasteiger partial charge in [-0.2, -0.15) is 52.7 Å². The van der Waals surface area contributed by atoms with Crippen LogP contribution in [-0.4, -0.2) is 113 Å². The lowest BCUT2D eigenvalue weighted by molar-refractivity contribution is -0.146. The lowest BCUT2D eigenvalue weighted by atomic mass is 10.4. The summed E-state index contributed by atoms with van der Waals surface area (Å²) < 4.78 is 195. The van der Waals surface area contributed by atoms with Gasteiger partial charge in [-0.05, 0) is 76.0 Å². The lowest BCUT2D eigenvalue weighted by Gasteiger charge is -2.38. The van der Waals surface area contributed by atoms with Crippen LogP contribution in [0.5, 0.6) is 0 Å². The summed E-state index contributed by atoms with van der Waals surface area (Å²) in [5.74, 6) is 0. The highest BCUT2D eigenvalue weighted by Crippen LogP contribution is 2.29. The lowest BCUT2D eigenvalue weighted by Crippen LogP contribution is -2.54. The second-order valence-electron chi connectivity index (χ2n) is 12.7. The van der Waals surface area contributed by atoms with E-state index in [1.807, 2.05) is 6.55 Å². The van der Waals surface area contributed by atoms with Crippen molar-refractivity contribution in [2.24, 2.45) is 0 Å². The highest BCUT2D eigenvalue weighted by Gasteiger charge is 2.45. The van der Waals surface area contributed by atoms with Crippen LogP contribution in [0.4, 0.5) is 52.7 Å². The Bertz CT molecular complexity index is 907. The monoisotopic (exact) mass is 858 g/mol. The van der Waals surface area contributed by atoms with Gasteiger partial charge in [0.2, 0.25) is 9.04 Å². The molecule has 0 bridgehead atoms. The maximum atomic E-state index is 12.5. The molecule has 314 valence electrons. The van der Waals surface area contributed by atoms with Gasteiger partial charge in [0.1, 0.15) is 0 Å². The van der Waals surface area contributed by atoms with Crippen molar-refractivity contribution < 1.29 is 89.0 Å². The molecule has 0 N–H and O–H groups in total. The van der Waals surface area contributed by atoms with E-state index in [1.54, 1.807) is 19.6 Å². The van der Waals surface area contributed by atoms with E-state index >= 15 is 0 Å². The van der Waals surface area contributed by atoms with Crippen molar-refractivity contribution >= 4 is 35.2 Å². The molecule has 8 nitrogen and oxygen atoms in total. The maximum Gasteiger partial charge on any atom is 0.391 e. The van der Waals surface area contributed by atoms with Gasteiger partial charge in [0.05, 0.1) is 52.1 Å². The molecule has 52 heavy (non-hydrogen) atoms. The Morgan fingerprint density at radius 3 is 1.13 bits per heavy atom. The van der Waals surface area contributed by atoms with Gasteiger partial charge in [-0.25, -0.2) is 0 Å². The van der Waals surface area contributed by atoms with E-state index in [0.717, 1.165) is 0 Å². The zero-order chi connectivity index (χ0) is 40.0. The minimum Gasteiger partial charge on any atom is -0.439 e. The van der Waals surface area contributed by atoms with Gasteiger partial charge in [-0.1, -0.05) is 0 Å². The second kappa shape index (κ2) is 25.8. The van der Waals surface area contributed by atoms with Crippen LogP contribution in [0.3, 0.4) is 0 Å². The van der Waals surface area contributed by atoms with Crippen LogP contribution in [0.25, 0.3) is 0 Å². The molecule has 24 heteroatoms. The van der Waals surface area contributed by atoms with Gasteiger partial charge in [0.25, 0.3) is 0 Å². The van der Waals surface area contributed by atoms with Crippen molar-refractivity contribution in [1.82, 2.24) is 0 Å². The average Bonchev–Trinajstić information content (AvgIpc) is 2.97. The van der Waals surface area contributed by atoms with Crippen molar-refractivity contribution in [1.29, 1.82) is 0 Å². The van der Waals surface area contributed by atoms with Crippen LogP contribution < -0.4 is 0 Å². The van der Waals surface area contributed by atoms with Crippen LogP contribution in [0.2, 0.25) is 50.4 Å². The second-order valence-corrected chi connectivity index (χ2v) is 24.7. The highest BCUT2D eigenvalue weighted by atomic mass is 28.5. The van der Waals surface area contributed by atoms with E-state index in [4.69, 9.17) is 36.3 Å². The molecule has 0 aliphatic rings. The summed E-state index contributed by atoms with van der Waals surface area (Å²) in [6.07, 6.45) is -20.5. The fourth-order valence-corrected chi connectivity index (χ4v) is 18.8. The molecule has 0 aromatic rings. The summed E-state index contributed by atoms with van der Waals surface area (Å²) in [7, 11) is -10.7. The van der Waals surface area contributed by atoms with Gasteiger partial charge >= 0.3 is 41.8 Å². The van der Waals surface area contributed by atoms with Crippen LogP contribution in [-0.2, 0) is 36.3 Å². The number of ether oxygens (including phenoxy) is 4. The minimum atomic E-state index is -4.38. The van der Waals surface area contributed by atoms with Crippen molar-refractivity contribution in [2.75, 3.05) is 52.9 Å². The van der Waals surface area contributed by atoms with Crippen molar-refractivity contribution in [3.63, 3.8) is 0 Å². The van der Waals surface area contributed by atoms with Crippen molar-refractivity contribution in [3.8, 4) is 0 Å². The molecule has 0 saturated heterocycles. The Morgan fingerprint density at radius 1 is 0.442 bits per heavy atom. The Balaban J connectivity index is 5.53. The zero-order valence-corrected chi connectivity index (χ0v) is 34.4. The molecular formula is C28H54F12O8Si4. The topological polar surface area (TPSA) is 73.8 Å². The van der Waals surface area contributed by atoms with Crippen molar-refractivity contribution in [2.45, 2.75) is 126 Å². The van der Waals surface area contributed by atoms with Gasteiger partial charge in [-0.3, -0.25) is 9.15 Å². The summed E-state index contributed by atoms with van der Waals surface area (Å²) >= 11 is 0. The van der Waals surface area contributed by atoms with Crippen LogP contribution >= 0.6 is 0 Å². The fourth-order valence-electron chi connectivity index (χ4n) is 4.51. The van der Waals surface area contributed by atoms with E-state index < -0.39 is 112 Å². The molecule has 0 saturated carbocycles. The molecule has 0 aliphatic heterocycles. The summed E-state index contributed by atoms with van der Waals surface area (Å²) in [6.45, 7) is 5.17. The number of rotatable bonds is 31. The van der Waals surface area contributed by atoms with Crippen LogP contribution in [0.1, 0.15) is 51.4 Å². The van der Waals surface area contributed by atoms with Gasteiger partial charge in [0.15, 0.2) is 9.04 Å². The van der Waals surface area contributed by atoms with Crippen molar-refractivity contribution in [3.05, 3.63) is 0 Å². The molecule has 0 radical (unpaired) electrons. The van der Waals surface area contributed by atoms with E-state index in [2.05, 4.69) is 0 Å². The predicted molar refractivity (Wildman–Crippen MR) is 177 cm³/mol. The Labute approximate surface area is 303 Å². The summed E-state index contributed by atoms with van der Waals surface area (Å²) in [5.41, 5.74) is 0. The average molecular weight is 859 g/mol. The third-order valence-electron chi connectivity index (χ3n) is 7.03. The molecule has 4 unspecified atom stereocenters. The predicted octanol–water partition coefficient (Wildman–Crippen LogP) is 9.26. The smallest absolute Gasteiger partial charge is 0.391 e. The van der Waals surface area contributed by atoms with Gasteiger partial charge < -0.3 is 27.2 Å². The normalized spacial score (nSPS) is 16.8. The SMILES string of the molecule is C[SiH](CCCOCCC(F)(F)F)OO[Si](C)(CCCOCCC(F)(F)F)O[Si](C)(CCCOCCC(F)(F)F)O[SiH](C)CCCOCCC(F)(F)F. The van der Waals surface area contributed by atoms with Gasteiger partial charge in [0, 0.05) is 26.4 Å². The third kappa shape index (κ3) is 34.2. The number of hydrogen-bond donors (Lipinski definition) is 0. The number of alkyl halides is 12. The summed E-state index contributed by atoms with van der Waals surface area (Å²) in [6, 6.07) is 1.47. The third-order valence-corrected chi connectivity index (χ3v) is 20.1. The molecule has 0 fully saturated rings. The number of halogens is 12. The Morgan fingerprint density at radius 2 is 0.769 bits per heavy atom. The molecule has 0 aromatic carbocycles. The highest BCUT2D eigenvalue weighted by molar-refractivity contribution is 6.83. The summed E-state index contributed by atoms with van der Waals surface area (Å²) in [5, 5.41) is 0. The van der Waals surface area contributed by atoms with E-state index in [1.165, 1.54) is 0 Å². The first-order valence-corrected chi connectivity index (χ1v) is 27.1. The zero-order valence-electron chi connectivity index (χ0n) is 30.1. The maximum absolute atomic E-state index is 12.5. The first kappa shape index (κ1) is 51.7. The Kier molecular flexibility index (Phi) is 25.6. The van der Waals surface area contributed by atoms with E-state index in [-0.39, 0.29) is 51.4 Å². The molecule has 0 heterocycles. The molecule has 0 aliphatic carbocycles. The first-order valence-electron chi connectivity index (χ1n) is 17.1.